The standard InChI is InChI=1S/C14H15NO2.C14H14O3.C2H6O.H4N2/c1-17-14(13(16)9-15)12-7-6-10-4-2-3-5-11(10)8-12;1-16-13(14(15)17-2)12-8-7-10-5-3-4-6-11(10)9-12;1-2-3;1-2/h2-8,14H,9,15H2,1H3;3-9,13H,1-2H3;3H,2H2,1H3;1-2H2. The number of aliphatic hydroxyl groups is 1. The van der Waals surface area contributed by atoms with Gasteiger partial charge in [0.25, 0.3) is 0 Å². The molecule has 9 nitrogen and oxygen atoms in total. The van der Waals surface area contributed by atoms with Crippen LogP contribution in [0.15, 0.2) is 84.9 Å². The second-order valence-corrected chi connectivity index (χ2v) is 7.95. The molecule has 4 rings (SSSR count). The lowest BCUT2D eigenvalue weighted by molar-refractivity contribution is -0.152. The van der Waals surface area contributed by atoms with Gasteiger partial charge in [-0.25, -0.2) is 4.79 Å². The lowest BCUT2D eigenvalue weighted by Gasteiger charge is -2.14. The maximum atomic E-state index is 11.6. The zero-order valence-corrected chi connectivity index (χ0v) is 22.9. The van der Waals surface area contributed by atoms with Crippen LogP contribution in [0.25, 0.3) is 21.5 Å². The van der Waals surface area contributed by atoms with E-state index in [-0.39, 0.29) is 24.9 Å². The molecule has 0 heterocycles. The van der Waals surface area contributed by atoms with E-state index in [9.17, 15) is 9.59 Å². The minimum atomic E-state index is -0.662. The van der Waals surface area contributed by atoms with E-state index in [0.717, 1.165) is 32.7 Å². The number of ether oxygens (including phenoxy) is 3. The van der Waals surface area contributed by atoms with Gasteiger partial charge in [-0.05, 0) is 51.7 Å². The highest BCUT2D eigenvalue weighted by Crippen LogP contribution is 2.24. The molecule has 0 saturated heterocycles. The lowest BCUT2D eigenvalue weighted by atomic mass is 10.0. The van der Waals surface area contributed by atoms with Crippen LogP contribution in [0.2, 0.25) is 0 Å². The Bertz CT molecular complexity index is 1200. The summed E-state index contributed by atoms with van der Waals surface area (Å²) in [5.41, 5.74) is 7.02. The number of fused-ring (bicyclic) bond motifs is 2. The Morgan fingerprint density at radius 3 is 1.46 bits per heavy atom. The molecule has 0 aliphatic heterocycles. The first-order valence-electron chi connectivity index (χ1n) is 12.2. The van der Waals surface area contributed by atoms with Gasteiger partial charge in [-0.1, -0.05) is 72.8 Å². The SMILES string of the molecule is CCO.COC(=O)C(OC)c1ccc2ccccc2c1.COC(C(=O)CN)c1ccc2ccccc2c1.NN. The minimum absolute atomic E-state index is 0.00860. The van der Waals surface area contributed by atoms with Crippen molar-refractivity contribution in [2.45, 2.75) is 19.1 Å². The van der Waals surface area contributed by atoms with Crippen molar-refractivity contribution in [3.8, 4) is 0 Å². The highest BCUT2D eigenvalue weighted by molar-refractivity contribution is 5.89. The van der Waals surface area contributed by atoms with E-state index in [4.69, 9.17) is 25.1 Å². The van der Waals surface area contributed by atoms with Gasteiger partial charge < -0.3 is 25.1 Å². The van der Waals surface area contributed by atoms with Crippen LogP contribution in [0.3, 0.4) is 0 Å². The molecule has 0 aromatic heterocycles. The van der Waals surface area contributed by atoms with Crippen molar-refractivity contribution >= 4 is 33.3 Å². The summed E-state index contributed by atoms with van der Waals surface area (Å²) >= 11 is 0. The highest BCUT2D eigenvalue weighted by atomic mass is 16.6. The number of esters is 1. The molecule has 4 aromatic carbocycles. The number of hydrogen-bond acceptors (Lipinski definition) is 9. The van der Waals surface area contributed by atoms with Gasteiger partial charge in [0.05, 0.1) is 13.7 Å². The van der Waals surface area contributed by atoms with Crippen molar-refractivity contribution in [2.75, 3.05) is 34.5 Å². The molecular formula is C30H39N3O6. The van der Waals surface area contributed by atoms with Gasteiger partial charge in [0.2, 0.25) is 0 Å². The Hall–Kier alpha value is -3.70. The maximum Gasteiger partial charge on any atom is 0.339 e. The van der Waals surface area contributed by atoms with Gasteiger partial charge >= 0.3 is 5.97 Å². The predicted octanol–water partition coefficient (Wildman–Crippen LogP) is 3.57. The largest absolute Gasteiger partial charge is 0.467 e. The Labute approximate surface area is 229 Å². The summed E-state index contributed by atoms with van der Waals surface area (Å²) < 4.78 is 15.1. The average Bonchev–Trinajstić information content (AvgIpc) is 2.99. The van der Waals surface area contributed by atoms with Gasteiger partial charge in [0, 0.05) is 20.8 Å². The molecule has 0 aliphatic carbocycles. The number of hydrazine groups is 1. The molecule has 9 heteroatoms. The van der Waals surface area contributed by atoms with Crippen LogP contribution in [-0.2, 0) is 23.8 Å². The van der Waals surface area contributed by atoms with Crippen LogP contribution >= 0.6 is 0 Å². The maximum absolute atomic E-state index is 11.6. The third kappa shape index (κ3) is 9.84. The lowest BCUT2D eigenvalue weighted by Crippen LogP contribution is -2.22. The molecule has 39 heavy (non-hydrogen) atoms. The number of methoxy groups -OCH3 is 3. The fourth-order valence-electron chi connectivity index (χ4n) is 3.78. The zero-order valence-electron chi connectivity index (χ0n) is 22.9. The molecule has 0 spiro atoms. The quantitative estimate of drug-likeness (QED) is 0.157. The van der Waals surface area contributed by atoms with Gasteiger partial charge in [0.15, 0.2) is 11.9 Å². The Kier molecular flexibility index (Phi) is 15.8. The normalized spacial score (nSPS) is 11.5. The molecule has 2 unspecified atom stereocenters. The van der Waals surface area contributed by atoms with Crippen molar-refractivity contribution in [3.63, 3.8) is 0 Å². The summed E-state index contributed by atoms with van der Waals surface area (Å²) in [5, 5.41) is 12.0. The van der Waals surface area contributed by atoms with Crippen LogP contribution in [0.5, 0.6) is 0 Å². The highest BCUT2D eigenvalue weighted by Gasteiger charge is 2.21. The van der Waals surface area contributed by atoms with E-state index in [1.807, 2.05) is 84.9 Å². The molecule has 2 atom stereocenters. The molecule has 0 bridgehead atoms. The summed E-state index contributed by atoms with van der Waals surface area (Å²) in [7, 11) is 4.37. The van der Waals surface area contributed by atoms with E-state index in [1.54, 1.807) is 6.92 Å². The molecule has 0 radical (unpaired) electrons. The van der Waals surface area contributed by atoms with E-state index in [0.29, 0.717) is 0 Å². The number of carbonyl (C=O) groups is 2. The van der Waals surface area contributed by atoms with Crippen LogP contribution in [0, 0.1) is 0 Å². The Balaban J connectivity index is 0.000000335. The average molecular weight is 538 g/mol. The number of carbonyl (C=O) groups excluding carboxylic acids is 2. The van der Waals surface area contributed by atoms with E-state index in [1.165, 1.54) is 21.3 Å². The zero-order chi connectivity index (χ0) is 29.2. The van der Waals surface area contributed by atoms with Crippen molar-refractivity contribution in [1.29, 1.82) is 0 Å². The number of hydrogen-bond donors (Lipinski definition) is 4. The van der Waals surface area contributed by atoms with Gasteiger partial charge in [-0.2, -0.15) is 0 Å². The van der Waals surface area contributed by atoms with Gasteiger partial charge in [-0.15, -0.1) is 0 Å². The number of benzene rings is 4. The van der Waals surface area contributed by atoms with E-state index in [2.05, 4.69) is 11.7 Å². The number of nitrogens with two attached hydrogens (primary N) is 3. The number of aliphatic hydroxyl groups excluding tert-OH is 1. The molecule has 0 fully saturated rings. The van der Waals surface area contributed by atoms with Crippen molar-refractivity contribution in [3.05, 3.63) is 96.1 Å². The minimum Gasteiger partial charge on any atom is -0.467 e. The van der Waals surface area contributed by atoms with Crippen molar-refractivity contribution in [2.24, 2.45) is 17.4 Å². The number of ketones is 1. The van der Waals surface area contributed by atoms with Crippen molar-refractivity contribution < 1.29 is 28.9 Å². The molecule has 0 aliphatic rings. The molecule has 210 valence electrons. The topological polar surface area (TPSA) is 160 Å². The Morgan fingerprint density at radius 2 is 1.10 bits per heavy atom. The molecular weight excluding hydrogens is 498 g/mol. The first-order valence-corrected chi connectivity index (χ1v) is 12.2. The predicted molar refractivity (Wildman–Crippen MR) is 155 cm³/mol. The molecule has 4 aromatic rings. The first kappa shape index (κ1) is 33.3. The summed E-state index contributed by atoms with van der Waals surface area (Å²) in [4.78, 5) is 23.2. The third-order valence-corrected chi connectivity index (χ3v) is 5.53. The molecule has 7 N–H and O–H groups in total. The van der Waals surface area contributed by atoms with Crippen LogP contribution < -0.4 is 17.4 Å². The number of rotatable bonds is 7. The summed E-state index contributed by atoms with van der Waals surface area (Å²) in [5.74, 6) is 7.51. The monoisotopic (exact) mass is 537 g/mol. The smallest absolute Gasteiger partial charge is 0.339 e. The number of Topliss-reactive ketones (excluding diaryl/α,β-unsaturated/α-hetero) is 1. The second kappa shape index (κ2) is 18.5. The fourth-order valence-corrected chi connectivity index (χ4v) is 3.78. The summed E-state index contributed by atoms with van der Waals surface area (Å²) in [6.07, 6.45) is -1.23. The van der Waals surface area contributed by atoms with Crippen LogP contribution in [0.4, 0.5) is 0 Å². The third-order valence-electron chi connectivity index (χ3n) is 5.53. The summed E-state index contributed by atoms with van der Waals surface area (Å²) in [6, 6.07) is 27.6. The first-order chi connectivity index (χ1) is 18.9. The summed E-state index contributed by atoms with van der Waals surface area (Å²) in [6.45, 7) is 1.92. The fraction of sp³-hybridized carbons (Fsp3) is 0.267. The van der Waals surface area contributed by atoms with Crippen molar-refractivity contribution in [1.82, 2.24) is 0 Å². The van der Waals surface area contributed by atoms with Crippen LogP contribution in [0.1, 0.15) is 30.3 Å². The van der Waals surface area contributed by atoms with E-state index < -0.39 is 12.2 Å². The van der Waals surface area contributed by atoms with Gasteiger partial charge in [-0.3, -0.25) is 16.5 Å². The second-order valence-electron chi connectivity index (χ2n) is 7.95. The molecule has 0 amide bonds. The van der Waals surface area contributed by atoms with Crippen LogP contribution in [-0.4, -0.2) is 51.3 Å². The van der Waals surface area contributed by atoms with Gasteiger partial charge in [0.1, 0.15) is 6.10 Å². The Morgan fingerprint density at radius 1 is 0.718 bits per heavy atom. The van der Waals surface area contributed by atoms with E-state index >= 15 is 0 Å². The molecule has 0 saturated carbocycles.